The predicted octanol–water partition coefficient (Wildman–Crippen LogP) is 2.78. The summed E-state index contributed by atoms with van der Waals surface area (Å²) in [6, 6.07) is 0.375. The molecule has 0 aliphatic carbocycles. The summed E-state index contributed by atoms with van der Waals surface area (Å²) in [6.45, 7) is 6.82. The largest absolute Gasteiger partial charge is 0.437 e. The molecule has 18 heavy (non-hydrogen) atoms. The van der Waals surface area contributed by atoms with Gasteiger partial charge in [-0.2, -0.15) is 0 Å². The number of oxazole rings is 1. The van der Waals surface area contributed by atoms with Gasteiger partial charge in [-0.1, -0.05) is 11.8 Å². The van der Waals surface area contributed by atoms with Crippen LogP contribution in [0.25, 0.3) is 0 Å². The highest BCUT2D eigenvalue weighted by atomic mass is 32.2. The van der Waals surface area contributed by atoms with Crippen molar-refractivity contribution >= 4 is 17.7 Å². The van der Waals surface area contributed by atoms with Gasteiger partial charge in [0, 0.05) is 12.6 Å². The minimum absolute atomic E-state index is 0.195. The summed E-state index contributed by atoms with van der Waals surface area (Å²) < 4.78 is 5.46. The van der Waals surface area contributed by atoms with Crippen LogP contribution in [-0.2, 0) is 4.79 Å². The molecule has 1 amide bonds. The van der Waals surface area contributed by atoms with Crippen molar-refractivity contribution in [2.75, 3.05) is 12.3 Å². The van der Waals surface area contributed by atoms with Gasteiger partial charge in [-0.05, 0) is 40.0 Å². The molecule has 4 nitrogen and oxygen atoms in total. The van der Waals surface area contributed by atoms with Crippen LogP contribution in [0.1, 0.15) is 37.6 Å². The first-order valence-electron chi connectivity index (χ1n) is 6.44. The predicted molar refractivity (Wildman–Crippen MR) is 71.7 cm³/mol. The first kappa shape index (κ1) is 13.5. The standard InChI is InChI=1S/C13H20N2O2S/c1-9-6-4-5-7-15(9)12(16)8-18-13-14-10(2)11(3)17-13/h9H,4-8H2,1-3H3. The van der Waals surface area contributed by atoms with Gasteiger partial charge in [0.15, 0.2) is 0 Å². The highest BCUT2D eigenvalue weighted by Crippen LogP contribution is 2.22. The maximum Gasteiger partial charge on any atom is 0.256 e. The normalized spacial score (nSPS) is 20.2. The molecule has 0 aromatic carbocycles. The smallest absolute Gasteiger partial charge is 0.256 e. The Kier molecular flexibility index (Phi) is 4.32. The van der Waals surface area contributed by atoms with Gasteiger partial charge in [0.25, 0.3) is 5.22 Å². The van der Waals surface area contributed by atoms with Gasteiger partial charge in [-0.3, -0.25) is 4.79 Å². The number of nitrogens with zero attached hydrogens (tertiary/aromatic N) is 2. The quantitative estimate of drug-likeness (QED) is 0.791. The molecule has 100 valence electrons. The molecule has 0 spiro atoms. The molecule has 1 fully saturated rings. The molecule has 2 rings (SSSR count). The van der Waals surface area contributed by atoms with E-state index < -0.39 is 0 Å². The zero-order valence-corrected chi connectivity index (χ0v) is 12.0. The minimum atomic E-state index is 0.195. The Hall–Kier alpha value is -0.970. The molecule has 1 unspecified atom stereocenters. The van der Waals surface area contributed by atoms with Crippen LogP contribution in [0.4, 0.5) is 0 Å². The van der Waals surface area contributed by atoms with Crippen molar-refractivity contribution in [1.29, 1.82) is 0 Å². The van der Waals surface area contributed by atoms with E-state index in [4.69, 9.17) is 4.42 Å². The summed E-state index contributed by atoms with van der Waals surface area (Å²) in [7, 11) is 0. The third-order valence-electron chi connectivity index (χ3n) is 3.45. The summed E-state index contributed by atoms with van der Waals surface area (Å²) in [5, 5.41) is 0.600. The van der Waals surface area contributed by atoms with Gasteiger partial charge in [0.05, 0.1) is 11.4 Å². The number of likely N-dealkylation sites (tertiary alicyclic amines) is 1. The highest BCUT2D eigenvalue weighted by Gasteiger charge is 2.23. The molecule has 1 aliphatic rings. The molecule has 0 saturated carbocycles. The lowest BCUT2D eigenvalue weighted by atomic mass is 10.0. The average molecular weight is 268 g/mol. The Morgan fingerprint density at radius 2 is 2.28 bits per heavy atom. The van der Waals surface area contributed by atoms with E-state index in [1.807, 2.05) is 18.7 Å². The zero-order chi connectivity index (χ0) is 13.1. The average Bonchev–Trinajstić information content (AvgIpc) is 2.66. The molecule has 5 heteroatoms. The SMILES string of the molecule is Cc1nc(SCC(=O)N2CCCCC2C)oc1C. The summed E-state index contributed by atoms with van der Waals surface area (Å²) in [5.41, 5.74) is 0.899. The number of aryl methyl sites for hydroxylation is 2. The lowest BCUT2D eigenvalue weighted by Crippen LogP contribution is -2.42. The Labute approximate surface area is 112 Å². The number of thioether (sulfide) groups is 1. The second kappa shape index (κ2) is 5.78. The molecule has 2 heterocycles. The van der Waals surface area contributed by atoms with Crippen LogP contribution < -0.4 is 0 Å². The van der Waals surface area contributed by atoms with Crippen molar-refractivity contribution in [3.05, 3.63) is 11.5 Å². The molecule has 1 atom stereocenters. The summed E-state index contributed by atoms with van der Waals surface area (Å²) in [6.07, 6.45) is 3.47. The first-order chi connectivity index (χ1) is 8.58. The first-order valence-corrected chi connectivity index (χ1v) is 7.43. The van der Waals surface area contributed by atoms with Gasteiger partial charge < -0.3 is 9.32 Å². The number of aromatic nitrogens is 1. The lowest BCUT2D eigenvalue weighted by Gasteiger charge is -2.33. The van der Waals surface area contributed by atoms with Crippen LogP contribution in [0.3, 0.4) is 0 Å². The molecule has 0 radical (unpaired) electrons. The maximum absolute atomic E-state index is 12.1. The van der Waals surface area contributed by atoms with Crippen molar-refractivity contribution in [2.24, 2.45) is 0 Å². The van der Waals surface area contributed by atoms with E-state index in [1.54, 1.807) is 0 Å². The van der Waals surface area contributed by atoms with Gasteiger partial charge in [0.2, 0.25) is 5.91 Å². The van der Waals surface area contributed by atoms with Crippen molar-refractivity contribution in [3.8, 4) is 0 Å². The number of carbonyl (C=O) groups excluding carboxylic acids is 1. The van der Waals surface area contributed by atoms with E-state index in [2.05, 4.69) is 11.9 Å². The lowest BCUT2D eigenvalue weighted by molar-refractivity contribution is -0.131. The van der Waals surface area contributed by atoms with Crippen molar-refractivity contribution in [3.63, 3.8) is 0 Å². The monoisotopic (exact) mass is 268 g/mol. The molecule has 1 aliphatic heterocycles. The third-order valence-corrected chi connectivity index (χ3v) is 4.26. The summed E-state index contributed by atoms with van der Waals surface area (Å²) >= 11 is 1.39. The molecule has 0 N–H and O–H groups in total. The fourth-order valence-electron chi connectivity index (χ4n) is 2.18. The highest BCUT2D eigenvalue weighted by molar-refractivity contribution is 7.99. The molecular formula is C13H20N2O2S. The van der Waals surface area contributed by atoms with Crippen LogP contribution in [-0.4, -0.2) is 34.1 Å². The molecule has 1 aromatic rings. The molecular weight excluding hydrogens is 248 g/mol. The Morgan fingerprint density at radius 3 is 2.89 bits per heavy atom. The van der Waals surface area contributed by atoms with Crippen LogP contribution in [0.5, 0.6) is 0 Å². The van der Waals surface area contributed by atoms with E-state index in [9.17, 15) is 4.79 Å². The van der Waals surface area contributed by atoms with E-state index in [1.165, 1.54) is 18.2 Å². The Morgan fingerprint density at radius 1 is 1.50 bits per heavy atom. The summed E-state index contributed by atoms with van der Waals surface area (Å²) in [5.74, 6) is 1.45. The number of hydrogen-bond donors (Lipinski definition) is 0. The van der Waals surface area contributed by atoms with Crippen LogP contribution >= 0.6 is 11.8 Å². The van der Waals surface area contributed by atoms with Gasteiger partial charge in [-0.25, -0.2) is 4.98 Å². The van der Waals surface area contributed by atoms with Crippen molar-refractivity contribution in [1.82, 2.24) is 9.88 Å². The number of piperidine rings is 1. The molecule has 0 bridgehead atoms. The van der Waals surface area contributed by atoms with Crippen molar-refractivity contribution in [2.45, 2.75) is 51.3 Å². The topological polar surface area (TPSA) is 46.3 Å². The second-order valence-electron chi connectivity index (χ2n) is 4.84. The van der Waals surface area contributed by atoms with E-state index >= 15 is 0 Å². The maximum atomic E-state index is 12.1. The van der Waals surface area contributed by atoms with Crippen LogP contribution in [0, 0.1) is 13.8 Å². The fourth-order valence-corrected chi connectivity index (χ4v) is 2.98. The minimum Gasteiger partial charge on any atom is -0.437 e. The third kappa shape index (κ3) is 3.07. The van der Waals surface area contributed by atoms with E-state index in [-0.39, 0.29) is 5.91 Å². The number of hydrogen-bond acceptors (Lipinski definition) is 4. The van der Waals surface area contributed by atoms with Crippen LogP contribution in [0.2, 0.25) is 0 Å². The number of amides is 1. The number of carbonyl (C=O) groups is 1. The van der Waals surface area contributed by atoms with Gasteiger partial charge >= 0.3 is 0 Å². The van der Waals surface area contributed by atoms with E-state index in [0.717, 1.165) is 30.8 Å². The fraction of sp³-hybridized carbons (Fsp3) is 0.692. The number of rotatable bonds is 3. The molecule has 1 aromatic heterocycles. The van der Waals surface area contributed by atoms with Crippen molar-refractivity contribution < 1.29 is 9.21 Å². The second-order valence-corrected chi connectivity index (χ2v) is 5.77. The van der Waals surface area contributed by atoms with Gasteiger partial charge in [0.1, 0.15) is 5.76 Å². The summed E-state index contributed by atoms with van der Waals surface area (Å²) in [4.78, 5) is 18.4. The zero-order valence-electron chi connectivity index (χ0n) is 11.2. The van der Waals surface area contributed by atoms with Crippen LogP contribution in [0.15, 0.2) is 9.64 Å². The van der Waals surface area contributed by atoms with Gasteiger partial charge in [-0.15, -0.1) is 0 Å². The van der Waals surface area contributed by atoms with E-state index in [0.29, 0.717) is 17.0 Å². The Bertz CT molecular complexity index is 411. The molecule has 1 saturated heterocycles. The Balaban J connectivity index is 1.87.